The first-order valence-corrected chi connectivity index (χ1v) is 6.55. The van der Waals surface area contributed by atoms with Crippen molar-refractivity contribution in [2.75, 3.05) is 26.5 Å². The van der Waals surface area contributed by atoms with Crippen molar-refractivity contribution in [3.8, 4) is 0 Å². The van der Waals surface area contributed by atoms with Crippen LogP contribution in [0.15, 0.2) is 27.9 Å². The number of carbonyl (C=O) groups is 3. The summed E-state index contributed by atoms with van der Waals surface area (Å²) in [4.78, 5) is 52.4. The van der Waals surface area contributed by atoms with Crippen molar-refractivity contribution in [3.63, 3.8) is 0 Å². The Morgan fingerprint density at radius 1 is 1.23 bits per heavy atom. The molecule has 2 N–H and O–H groups in total. The van der Waals surface area contributed by atoms with E-state index in [1.54, 1.807) is 0 Å². The molecule has 0 aromatic carbocycles. The Labute approximate surface area is 130 Å². The van der Waals surface area contributed by atoms with E-state index >= 15 is 0 Å². The zero-order chi connectivity index (χ0) is 16.6. The number of pyridine rings is 1. The zero-order valence-corrected chi connectivity index (χ0v) is 12.8. The molecule has 2 rings (SSSR count). The van der Waals surface area contributed by atoms with Crippen LogP contribution >= 0.6 is 11.6 Å². The van der Waals surface area contributed by atoms with E-state index in [1.807, 2.05) is 0 Å². The second kappa shape index (κ2) is 5.64. The number of likely N-dealkylation sites (N-methyl/N-ethyl adjacent to an activating group) is 1. The Kier molecular flexibility index (Phi) is 4.05. The highest BCUT2D eigenvalue weighted by Gasteiger charge is 2.35. The summed E-state index contributed by atoms with van der Waals surface area (Å²) in [5.74, 6) is -1.80. The van der Waals surface area contributed by atoms with Crippen molar-refractivity contribution in [3.05, 3.63) is 38.9 Å². The monoisotopic (exact) mass is 324 g/mol. The number of nitrogens with one attached hydrogen (secondary N) is 2. The van der Waals surface area contributed by atoms with Crippen molar-refractivity contribution in [1.29, 1.82) is 0 Å². The molecule has 116 valence electrons. The van der Waals surface area contributed by atoms with E-state index in [0.717, 1.165) is 4.90 Å². The van der Waals surface area contributed by atoms with Crippen molar-refractivity contribution >= 4 is 35.0 Å². The molecule has 9 heteroatoms. The van der Waals surface area contributed by atoms with Gasteiger partial charge in [0, 0.05) is 33.5 Å². The highest BCUT2D eigenvalue weighted by Crippen LogP contribution is 2.23. The molecule has 0 fully saturated rings. The summed E-state index contributed by atoms with van der Waals surface area (Å²) in [6.07, 6.45) is 2.54. The standard InChI is InChI=1S/C13H13ClN4O4/c1-17(2)11(20)6-4-15-5-7(10(6)19)16-9-8(14)12(21)18(3)13(9)22/h4-5,16H,1-3H3,(H,15,19). The van der Waals surface area contributed by atoms with Crippen LogP contribution in [-0.4, -0.2) is 53.6 Å². The number of carbonyl (C=O) groups excluding carboxylic acids is 3. The van der Waals surface area contributed by atoms with Crippen LogP contribution in [0, 0.1) is 0 Å². The van der Waals surface area contributed by atoms with Crippen molar-refractivity contribution in [2.45, 2.75) is 0 Å². The van der Waals surface area contributed by atoms with Crippen LogP contribution in [0.4, 0.5) is 5.69 Å². The third-order valence-corrected chi connectivity index (χ3v) is 3.42. The van der Waals surface area contributed by atoms with Gasteiger partial charge in [-0.3, -0.25) is 24.1 Å². The first-order valence-electron chi connectivity index (χ1n) is 6.17. The molecular formula is C13H13ClN4O4. The van der Waals surface area contributed by atoms with E-state index < -0.39 is 23.2 Å². The maximum atomic E-state index is 12.3. The van der Waals surface area contributed by atoms with Gasteiger partial charge in [-0.25, -0.2) is 0 Å². The summed E-state index contributed by atoms with van der Waals surface area (Å²) in [5, 5.41) is 2.22. The number of aromatic nitrogens is 1. The summed E-state index contributed by atoms with van der Waals surface area (Å²) < 4.78 is 0. The summed E-state index contributed by atoms with van der Waals surface area (Å²) in [7, 11) is 4.29. The van der Waals surface area contributed by atoms with Crippen molar-refractivity contribution < 1.29 is 14.4 Å². The van der Waals surface area contributed by atoms with Crippen molar-refractivity contribution in [2.24, 2.45) is 0 Å². The molecule has 3 amide bonds. The van der Waals surface area contributed by atoms with Crippen LogP contribution in [-0.2, 0) is 9.59 Å². The van der Waals surface area contributed by atoms with Gasteiger partial charge in [-0.2, -0.15) is 0 Å². The van der Waals surface area contributed by atoms with E-state index in [1.165, 1.54) is 38.4 Å². The molecule has 0 spiro atoms. The van der Waals surface area contributed by atoms with Gasteiger partial charge in [0.05, 0.1) is 0 Å². The van der Waals surface area contributed by atoms with Gasteiger partial charge in [0.2, 0.25) is 5.43 Å². The van der Waals surface area contributed by atoms with E-state index in [0.29, 0.717) is 0 Å². The largest absolute Gasteiger partial charge is 0.365 e. The highest BCUT2D eigenvalue weighted by atomic mass is 35.5. The number of nitrogens with zero attached hydrogens (tertiary/aromatic N) is 2. The minimum atomic E-state index is -0.661. The normalized spacial score (nSPS) is 14.6. The van der Waals surface area contributed by atoms with Crippen molar-refractivity contribution in [1.82, 2.24) is 14.8 Å². The fourth-order valence-electron chi connectivity index (χ4n) is 1.83. The summed E-state index contributed by atoms with van der Waals surface area (Å²) >= 11 is 5.79. The van der Waals surface area contributed by atoms with E-state index in [-0.39, 0.29) is 22.0 Å². The second-order valence-electron chi connectivity index (χ2n) is 4.79. The van der Waals surface area contributed by atoms with Gasteiger partial charge < -0.3 is 15.2 Å². The number of H-pyrrole nitrogens is 1. The molecule has 1 aromatic rings. The van der Waals surface area contributed by atoms with Crippen LogP contribution < -0.4 is 10.7 Å². The first-order chi connectivity index (χ1) is 10.3. The average Bonchev–Trinajstić information content (AvgIpc) is 2.66. The topological polar surface area (TPSA) is 103 Å². The number of anilines is 1. The lowest BCUT2D eigenvalue weighted by Crippen LogP contribution is -2.30. The third kappa shape index (κ3) is 2.48. The Morgan fingerprint density at radius 2 is 1.86 bits per heavy atom. The molecule has 0 bridgehead atoms. The van der Waals surface area contributed by atoms with E-state index in [9.17, 15) is 19.2 Å². The Balaban J connectivity index is 2.43. The Bertz CT molecular complexity index is 766. The molecule has 22 heavy (non-hydrogen) atoms. The highest BCUT2D eigenvalue weighted by molar-refractivity contribution is 6.48. The van der Waals surface area contributed by atoms with Crippen LogP contribution in [0.3, 0.4) is 0 Å². The number of amides is 3. The van der Waals surface area contributed by atoms with Gasteiger partial charge >= 0.3 is 0 Å². The zero-order valence-electron chi connectivity index (χ0n) is 12.1. The lowest BCUT2D eigenvalue weighted by atomic mass is 10.2. The smallest absolute Gasteiger partial charge is 0.278 e. The van der Waals surface area contributed by atoms with Crippen LogP contribution in [0.25, 0.3) is 0 Å². The van der Waals surface area contributed by atoms with Crippen LogP contribution in [0.2, 0.25) is 0 Å². The minimum Gasteiger partial charge on any atom is -0.365 e. The van der Waals surface area contributed by atoms with Gasteiger partial charge in [-0.1, -0.05) is 11.6 Å². The fraction of sp³-hybridized carbons (Fsp3) is 0.231. The first kappa shape index (κ1) is 15.8. The lowest BCUT2D eigenvalue weighted by Gasteiger charge is -2.11. The number of hydrogen-bond acceptors (Lipinski definition) is 5. The van der Waals surface area contributed by atoms with Gasteiger partial charge in [-0.05, 0) is 0 Å². The lowest BCUT2D eigenvalue weighted by molar-refractivity contribution is -0.135. The molecule has 0 radical (unpaired) electrons. The molecule has 0 atom stereocenters. The molecule has 0 saturated carbocycles. The van der Waals surface area contributed by atoms with E-state index in [2.05, 4.69) is 10.3 Å². The molecule has 0 saturated heterocycles. The van der Waals surface area contributed by atoms with Gasteiger partial charge in [0.1, 0.15) is 22.0 Å². The molecule has 2 heterocycles. The summed E-state index contributed by atoms with van der Waals surface area (Å²) in [6, 6.07) is 0. The summed E-state index contributed by atoms with van der Waals surface area (Å²) in [5.41, 5.74) is -0.965. The quantitative estimate of drug-likeness (QED) is 0.758. The Morgan fingerprint density at radius 3 is 2.36 bits per heavy atom. The molecule has 1 aromatic heterocycles. The maximum absolute atomic E-state index is 12.3. The van der Waals surface area contributed by atoms with Crippen LogP contribution in [0.1, 0.15) is 10.4 Å². The van der Waals surface area contributed by atoms with Gasteiger partial charge in [0.15, 0.2) is 0 Å². The minimum absolute atomic E-state index is 0.0581. The van der Waals surface area contributed by atoms with E-state index in [4.69, 9.17) is 11.6 Å². The number of halogens is 1. The third-order valence-electron chi connectivity index (χ3n) is 3.07. The molecule has 1 aliphatic rings. The Hall–Kier alpha value is -2.61. The average molecular weight is 325 g/mol. The molecule has 0 unspecified atom stereocenters. The van der Waals surface area contributed by atoms with Gasteiger partial charge in [0.25, 0.3) is 17.7 Å². The molecular weight excluding hydrogens is 312 g/mol. The SMILES string of the molecule is CN(C)C(=O)c1c[nH]cc(NC2=C(Cl)C(=O)N(C)C2=O)c1=O. The predicted molar refractivity (Wildman–Crippen MR) is 79.4 cm³/mol. The number of rotatable bonds is 3. The predicted octanol–water partition coefficient (Wildman–Crippen LogP) is -0.0624. The maximum Gasteiger partial charge on any atom is 0.278 e. The molecule has 0 aliphatic carbocycles. The summed E-state index contributed by atoms with van der Waals surface area (Å²) in [6.45, 7) is 0. The molecule has 1 aliphatic heterocycles. The second-order valence-corrected chi connectivity index (χ2v) is 5.17. The number of aromatic amines is 1. The number of hydrogen-bond donors (Lipinski definition) is 2. The fourth-order valence-corrected chi connectivity index (χ4v) is 2.08. The molecule has 8 nitrogen and oxygen atoms in total. The van der Waals surface area contributed by atoms with Gasteiger partial charge in [-0.15, -0.1) is 0 Å². The number of imide groups is 1. The van der Waals surface area contributed by atoms with Crippen LogP contribution in [0.5, 0.6) is 0 Å².